The number of hydrogen-bond donors (Lipinski definition) is 1. The van der Waals surface area contributed by atoms with Crippen LogP contribution in [0.15, 0.2) is 22.5 Å². The Labute approximate surface area is 131 Å². The van der Waals surface area contributed by atoms with Gasteiger partial charge in [-0.05, 0) is 17.4 Å². The Balaban J connectivity index is 1.84. The molecule has 112 valence electrons. The zero-order valence-electron chi connectivity index (χ0n) is 13.0. The lowest BCUT2D eigenvalue weighted by atomic mass is 9.92. The van der Waals surface area contributed by atoms with Crippen LogP contribution in [0.4, 0.5) is 0 Å². The highest BCUT2D eigenvalue weighted by atomic mass is 32.2. The van der Waals surface area contributed by atoms with E-state index in [0.29, 0.717) is 5.25 Å². The zero-order chi connectivity index (χ0) is 14.6. The largest absolute Gasteiger partial charge is 0.364 e. The van der Waals surface area contributed by atoms with Gasteiger partial charge in [-0.2, -0.15) is 0 Å². The second-order valence-corrected chi connectivity index (χ2v) is 8.27. The first-order valence-electron chi connectivity index (χ1n) is 7.55. The monoisotopic (exact) mass is 310 g/mol. The molecule has 0 fully saturated rings. The minimum absolute atomic E-state index is 0.171. The lowest BCUT2D eigenvalue weighted by molar-refractivity contribution is 0.479. The van der Waals surface area contributed by atoms with Gasteiger partial charge in [0.15, 0.2) is 5.17 Å². The molecule has 2 rings (SSSR count). The SMILES string of the molecule is CCC(CC)C1CN=C(NCC(C)(C)c2cccs2)S1. The van der Waals surface area contributed by atoms with Crippen LogP contribution < -0.4 is 5.32 Å². The summed E-state index contributed by atoms with van der Waals surface area (Å²) in [6.07, 6.45) is 2.52. The lowest BCUT2D eigenvalue weighted by Crippen LogP contribution is -2.34. The van der Waals surface area contributed by atoms with E-state index in [9.17, 15) is 0 Å². The van der Waals surface area contributed by atoms with Crippen LogP contribution in [-0.4, -0.2) is 23.5 Å². The maximum atomic E-state index is 4.69. The summed E-state index contributed by atoms with van der Waals surface area (Å²) >= 11 is 3.79. The van der Waals surface area contributed by atoms with E-state index in [0.717, 1.165) is 24.2 Å². The molecule has 1 N–H and O–H groups in total. The van der Waals surface area contributed by atoms with Gasteiger partial charge < -0.3 is 5.32 Å². The van der Waals surface area contributed by atoms with E-state index in [1.54, 1.807) is 0 Å². The molecular formula is C16H26N2S2. The summed E-state index contributed by atoms with van der Waals surface area (Å²) in [5.41, 5.74) is 0.171. The minimum atomic E-state index is 0.171. The van der Waals surface area contributed by atoms with Crippen molar-refractivity contribution < 1.29 is 0 Å². The van der Waals surface area contributed by atoms with E-state index in [1.165, 1.54) is 17.7 Å². The van der Waals surface area contributed by atoms with Gasteiger partial charge in [0.1, 0.15) is 0 Å². The molecule has 0 aromatic carbocycles. The molecule has 20 heavy (non-hydrogen) atoms. The molecule has 4 heteroatoms. The molecule has 1 unspecified atom stereocenters. The molecule has 0 saturated carbocycles. The number of rotatable bonds is 6. The Bertz CT molecular complexity index is 433. The Hall–Kier alpha value is -0.480. The number of nitrogens with one attached hydrogen (secondary N) is 1. The highest BCUT2D eigenvalue weighted by Crippen LogP contribution is 2.31. The maximum Gasteiger partial charge on any atom is 0.156 e. The number of hydrogen-bond acceptors (Lipinski definition) is 4. The fraction of sp³-hybridized carbons (Fsp3) is 0.688. The van der Waals surface area contributed by atoms with Crippen molar-refractivity contribution in [3.63, 3.8) is 0 Å². The van der Waals surface area contributed by atoms with Crippen molar-refractivity contribution in [2.75, 3.05) is 13.1 Å². The van der Waals surface area contributed by atoms with Crippen LogP contribution >= 0.6 is 23.1 Å². The Morgan fingerprint density at radius 2 is 2.15 bits per heavy atom. The van der Waals surface area contributed by atoms with Crippen molar-refractivity contribution in [1.29, 1.82) is 0 Å². The minimum Gasteiger partial charge on any atom is -0.364 e. The molecule has 0 spiro atoms. The van der Waals surface area contributed by atoms with Gasteiger partial charge >= 0.3 is 0 Å². The van der Waals surface area contributed by atoms with E-state index >= 15 is 0 Å². The van der Waals surface area contributed by atoms with Crippen molar-refractivity contribution >= 4 is 28.3 Å². The van der Waals surface area contributed by atoms with Crippen LogP contribution in [0.25, 0.3) is 0 Å². The number of thiophene rings is 1. The Morgan fingerprint density at radius 1 is 1.40 bits per heavy atom. The number of nitrogens with zero attached hydrogens (tertiary/aromatic N) is 1. The second-order valence-electron chi connectivity index (χ2n) is 6.09. The molecule has 2 nitrogen and oxygen atoms in total. The molecule has 1 aromatic heterocycles. The predicted molar refractivity (Wildman–Crippen MR) is 93.1 cm³/mol. The molecule has 0 saturated heterocycles. The van der Waals surface area contributed by atoms with Crippen molar-refractivity contribution in [3.05, 3.63) is 22.4 Å². The molecule has 0 aliphatic carbocycles. The average Bonchev–Trinajstić information content (AvgIpc) is 3.10. The fourth-order valence-corrected chi connectivity index (χ4v) is 4.77. The van der Waals surface area contributed by atoms with E-state index in [1.807, 2.05) is 23.1 Å². The van der Waals surface area contributed by atoms with E-state index < -0.39 is 0 Å². The quantitative estimate of drug-likeness (QED) is 0.835. The standard InChI is InChI=1S/C16H26N2S2/c1-5-12(6-2)13-10-17-15(20-13)18-11-16(3,4)14-8-7-9-19-14/h7-9,12-13H,5-6,10-11H2,1-4H3,(H,17,18). The average molecular weight is 311 g/mol. The van der Waals surface area contributed by atoms with Crippen molar-refractivity contribution in [3.8, 4) is 0 Å². The number of aliphatic imine (C=N–C) groups is 1. The lowest BCUT2D eigenvalue weighted by Gasteiger charge is -2.24. The molecule has 1 atom stereocenters. The number of amidine groups is 1. The van der Waals surface area contributed by atoms with Crippen LogP contribution in [0.1, 0.15) is 45.4 Å². The van der Waals surface area contributed by atoms with Gasteiger partial charge in [0.2, 0.25) is 0 Å². The van der Waals surface area contributed by atoms with Crippen molar-refractivity contribution in [2.45, 2.75) is 51.2 Å². The first kappa shape index (κ1) is 15.9. The van der Waals surface area contributed by atoms with Gasteiger partial charge in [0.05, 0.1) is 6.54 Å². The highest BCUT2D eigenvalue weighted by molar-refractivity contribution is 8.14. The normalized spacial score (nSPS) is 19.4. The second kappa shape index (κ2) is 6.99. The van der Waals surface area contributed by atoms with Gasteiger partial charge in [-0.25, -0.2) is 0 Å². The van der Waals surface area contributed by atoms with E-state index in [-0.39, 0.29) is 5.41 Å². The van der Waals surface area contributed by atoms with E-state index in [4.69, 9.17) is 4.99 Å². The first-order valence-corrected chi connectivity index (χ1v) is 9.31. The molecule has 0 radical (unpaired) electrons. The van der Waals surface area contributed by atoms with Crippen molar-refractivity contribution in [1.82, 2.24) is 5.32 Å². The van der Waals surface area contributed by atoms with Gasteiger partial charge in [-0.15, -0.1) is 11.3 Å². The first-order chi connectivity index (χ1) is 9.56. The fourth-order valence-electron chi connectivity index (χ4n) is 2.60. The molecular weight excluding hydrogens is 284 g/mol. The van der Waals surface area contributed by atoms with Crippen LogP contribution in [0.2, 0.25) is 0 Å². The van der Waals surface area contributed by atoms with Gasteiger partial charge in [0.25, 0.3) is 0 Å². The van der Waals surface area contributed by atoms with Crippen LogP contribution in [0.5, 0.6) is 0 Å². The van der Waals surface area contributed by atoms with Gasteiger partial charge in [-0.1, -0.05) is 58.4 Å². The Kier molecular flexibility index (Phi) is 5.56. The zero-order valence-corrected chi connectivity index (χ0v) is 14.6. The maximum absolute atomic E-state index is 4.69. The molecule has 1 aliphatic rings. The third kappa shape index (κ3) is 3.79. The summed E-state index contributed by atoms with van der Waals surface area (Å²) in [6.45, 7) is 11.1. The number of thioether (sulfide) groups is 1. The summed E-state index contributed by atoms with van der Waals surface area (Å²) < 4.78 is 0. The third-order valence-electron chi connectivity index (χ3n) is 4.12. The smallest absolute Gasteiger partial charge is 0.156 e. The summed E-state index contributed by atoms with van der Waals surface area (Å²) in [4.78, 5) is 6.13. The van der Waals surface area contributed by atoms with Gasteiger partial charge in [-0.3, -0.25) is 4.99 Å². The summed E-state index contributed by atoms with van der Waals surface area (Å²) in [5.74, 6) is 0.799. The molecule has 1 aliphatic heterocycles. The summed E-state index contributed by atoms with van der Waals surface area (Å²) in [5, 5.41) is 7.54. The van der Waals surface area contributed by atoms with Crippen LogP contribution in [0, 0.1) is 5.92 Å². The predicted octanol–water partition coefficient (Wildman–Crippen LogP) is 4.52. The van der Waals surface area contributed by atoms with Crippen LogP contribution in [-0.2, 0) is 5.41 Å². The third-order valence-corrected chi connectivity index (χ3v) is 6.69. The molecule has 0 amide bonds. The van der Waals surface area contributed by atoms with Gasteiger partial charge in [0, 0.05) is 22.1 Å². The summed E-state index contributed by atoms with van der Waals surface area (Å²) in [7, 11) is 0. The molecule has 2 heterocycles. The highest BCUT2D eigenvalue weighted by Gasteiger charge is 2.28. The topological polar surface area (TPSA) is 24.4 Å². The van der Waals surface area contributed by atoms with E-state index in [2.05, 4.69) is 50.5 Å². The molecule has 1 aromatic rings. The molecule has 0 bridgehead atoms. The Morgan fingerprint density at radius 3 is 2.75 bits per heavy atom. The summed E-state index contributed by atoms with van der Waals surface area (Å²) in [6, 6.07) is 4.36. The van der Waals surface area contributed by atoms with Crippen molar-refractivity contribution in [2.24, 2.45) is 10.9 Å². The van der Waals surface area contributed by atoms with Crippen LogP contribution in [0.3, 0.4) is 0 Å².